The topological polar surface area (TPSA) is 66.4 Å². The highest BCUT2D eigenvalue weighted by atomic mass is 32.1. The Balaban J connectivity index is 2.85. The lowest BCUT2D eigenvalue weighted by atomic mass is 10.0. The van der Waals surface area contributed by atoms with E-state index in [1.165, 1.54) is 11.3 Å². The summed E-state index contributed by atoms with van der Waals surface area (Å²) in [4.78, 5) is 24.8. The van der Waals surface area contributed by atoms with Gasteiger partial charge in [-0.2, -0.15) is 0 Å². The number of thiophene rings is 1. The zero-order valence-electron chi connectivity index (χ0n) is 12.6. The molecule has 21 heavy (non-hydrogen) atoms. The Hall–Kier alpha value is -1.88. The van der Waals surface area contributed by atoms with Gasteiger partial charge >= 0.3 is 5.97 Å². The highest BCUT2D eigenvalue weighted by molar-refractivity contribution is 7.15. The quantitative estimate of drug-likeness (QED) is 0.758. The largest absolute Gasteiger partial charge is 0.480 e. The number of carboxylic acids is 1. The van der Waals surface area contributed by atoms with Crippen molar-refractivity contribution in [1.82, 2.24) is 5.32 Å². The third kappa shape index (κ3) is 5.19. The van der Waals surface area contributed by atoms with Crippen LogP contribution in [-0.4, -0.2) is 23.0 Å². The summed E-state index contributed by atoms with van der Waals surface area (Å²) in [5, 5.41) is 11.7. The zero-order valence-corrected chi connectivity index (χ0v) is 13.4. The summed E-state index contributed by atoms with van der Waals surface area (Å²) in [5.74, 6) is -1.14. The van der Waals surface area contributed by atoms with E-state index in [1.807, 2.05) is 26.8 Å². The normalized spacial score (nSPS) is 12.6. The Morgan fingerprint density at radius 2 is 2.14 bits per heavy atom. The van der Waals surface area contributed by atoms with Crippen molar-refractivity contribution >= 4 is 29.3 Å². The molecular weight excluding hydrogens is 286 g/mol. The average molecular weight is 307 g/mol. The average Bonchev–Trinajstić information content (AvgIpc) is 2.76. The van der Waals surface area contributed by atoms with Crippen molar-refractivity contribution in [3.8, 4) is 0 Å². The summed E-state index contributed by atoms with van der Waals surface area (Å²) in [6, 6.07) is 0.920. The summed E-state index contributed by atoms with van der Waals surface area (Å²) < 4.78 is 0. The highest BCUT2D eigenvalue weighted by Gasteiger charge is 2.22. The maximum Gasteiger partial charge on any atom is 0.326 e. The lowest BCUT2D eigenvalue weighted by Crippen LogP contribution is -2.41. The van der Waals surface area contributed by atoms with Gasteiger partial charge in [-0.15, -0.1) is 11.3 Å². The lowest BCUT2D eigenvalue weighted by Gasteiger charge is -2.15. The molecule has 5 heteroatoms. The molecule has 0 aromatic carbocycles. The van der Waals surface area contributed by atoms with Gasteiger partial charge in [0.05, 0.1) is 4.88 Å². The molecule has 0 spiro atoms. The maximum atomic E-state index is 12.2. The molecule has 4 nitrogen and oxygen atoms in total. The highest BCUT2D eigenvalue weighted by Crippen LogP contribution is 2.23. The Morgan fingerprint density at radius 3 is 2.67 bits per heavy atom. The molecule has 1 amide bonds. The number of aliphatic carboxylic acids is 1. The van der Waals surface area contributed by atoms with Crippen molar-refractivity contribution in [2.24, 2.45) is 5.92 Å². The number of hydrogen-bond acceptors (Lipinski definition) is 3. The van der Waals surface area contributed by atoms with E-state index in [0.29, 0.717) is 11.3 Å². The fourth-order valence-corrected chi connectivity index (χ4v) is 2.84. The number of nitrogens with one attached hydrogen (secondary N) is 1. The fourth-order valence-electron chi connectivity index (χ4n) is 1.85. The van der Waals surface area contributed by atoms with Crippen molar-refractivity contribution in [3.63, 3.8) is 0 Å². The third-order valence-electron chi connectivity index (χ3n) is 2.87. The van der Waals surface area contributed by atoms with Gasteiger partial charge in [0.1, 0.15) is 6.04 Å². The van der Waals surface area contributed by atoms with E-state index in [0.717, 1.165) is 10.4 Å². The molecule has 1 atom stereocenters. The molecule has 0 unspecified atom stereocenters. The molecule has 1 heterocycles. The van der Waals surface area contributed by atoms with Crippen LogP contribution in [0.25, 0.3) is 6.08 Å². The van der Waals surface area contributed by atoms with Crippen LogP contribution in [0, 0.1) is 12.8 Å². The zero-order chi connectivity index (χ0) is 16.0. The molecule has 114 valence electrons. The summed E-state index contributed by atoms with van der Waals surface area (Å²) in [5.41, 5.74) is 0.985. The number of carbonyl (C=O) groups is 2. The van der Waals surface area contributed by atoms with Crippen LogP contribution in [0.2, 0.25) is 0 Å². The Labute approximate surface area is 129 Å². The van der Waals surface area contributed by atoms with Gasteiger partial charge in [0.15, 0.2) is 0 Å². The summed E-state index contributed by atoms with van der Waals surface area (Å²) >= 11 is 1.34. The van der Waals surface area contributed by atoms with Crippen molar-refractivity contribution in [2.45, 2.75) is 33.2 Å². The van der Waals surface area contributed by atoms with E-state index < -0.39 is 12.0 Å². The van der Waals surface area contributed by atoms with Gasteiger partial charge < -0.3 is 10.4 Å². The first-order valence-electron chi connectivity index (χ1n) is 6.78. The van der Waals surface area contributed by atoms with Crippen LogP contribution in [0.4, 0.5) is 0 Å². The van der Waals surface area contributed by atoms with Crippen molar-refractivity contribution in [3.05, 3.63) is 40.1 Å². The minimum Gasteiger partial charge on any atom is -0.480 e. The Kier molecular flexibility index (Phi) is 6.37. The number of carbonyl (C=O) groups excluding carboxylic acids is 1. The monoisotopic (exact) mass is 307 g/mol. The maximum absolute atomic E-state index is 12.2. The molecule has 0 aliphatic carbocycles. The van der Waals surface area contributed by atoms with Crippen molar-refractivity contribution < 1.29 is 14.7 Å². The molecule has 0 radical (unpaired) electrons. The number of aryl methyl sites for hydroxylation is 1. The molecule has 0 saturated heterocycles. The third-order valence-corrected chi connectivity index (χ3v) is 4.08. The van der Waals surface area contributed by atoms with Gasteiger partial charge in [-0.3, -0.25) is 4.79 Å². The second-order valence-electron chi connectivity index (χ2n) is 5.25. The number of rotatable bonds is 7. The number of hydrogen-bond donors (Lipinski definition) is 2. The number of carboxylic acid groups (broad SMARTS) is 1. The standard InChI is InChI=1S/C16H21NO3S/c1-5-6-7-13-11(4)9-14(21-13)15(18)17-12(16(19)20)8-10(2)3/h5-7,9-10,12H,1,8H2,2-4H3,(H,17,18)(H,19,20)/b7-6-/t12-/m0/s1. The number of amides is 1. The van der Waals surface area contributed by atoms with E-state index in [9.17, 15) is 9.59 Å². The molecule has 1 aromatic rings. The molecular formula is C16H21NO3S. The van der Waals surface area contributed by atoms with E-state index in [-0.39, 0.29) is 11.8 Å². The molecule has 1 aromatic heterocycles. The van der Waals surface area contributed by atoms with Gasteiger partial charge in [0, 0.05) is 4.88 Å². The molecule has 0 aliphatic rings. The number of allylic oxidation sites excluding steroid dienone is 2. The molecule has 1 rings (SSSR count). The minimum absolute atomic E-state index is 0.197. The first-order valence-corrected chi connectivity index (χ1v) is 7.60. The Bertz CT molecular complexity index is 558. The van der Waals surface area contributed by atoms with Gasteiger partial charge in [-0.05, 0) is 37.0 Å². The molecule has 0 aliphatic heterocycles. The van der Waals surface area contributed by atoms with Gasteiger partial charge in [0.25, 0.3) is 5.91 Å². The summed E-state index contributed by atoms with van der Waals surface area (Å²) in [6.45, 7) is 9.37. The second kappa shape index (κ2) is 7.78. The smallest absolute Gasteiger partial charge is 0.326 e. The van der Waals surface area contributed by atoms with Gasteiger partial charge in [-0.25, -0.2) is 4.79 Å². The van der Waals surface area contributed by atoms with Crippen LogP contribution in [0.3, 0.4) is 0 Å². The van der Waals surface area contributed by atoms with Crippen LogP contribution in [0.5, 0.6) is 0 Å². The van der Waals surface area contributed by atoms with E-state index >= 15 is 0 Å². The second-order valence-corrected chi connectivity index (χ2v) is 6.33. The van der Waals surface area contributed by atoms with Crippen LogP contribution in [0.15, 0.2) is 24.8 Å². The van der Waals surface area contributed by atoms with E-state index in [1.54, 1.807) is 18.2 Å². The SMILES string of the molecule is C=C/C=C\c1sc(C(=O)N[C@@H](CC(C)C)C(=O)O)cc1C. The van der Waals surface area contributed by atoms with Crippen LogP contribution in [-0.2, 0) is 4.79 Å². The molecule has 0 fully saturated rings. The predicted molar refractivity (Wildman–Crippen MR) is 86.6 cm³/mol. The van der Waals surface area contributed by atoms with Crippen molar-refractivity contribution in [2.75, 3.05) is 0 Å². The van der Waals surface area contributed by atoms with Crippen molar-refractivity contribution in [1.29, 1.82) is 0 Å². The summed E-state index contributed by atoms with van der Waals surface area (Å²) in [6.07, 6.45) is 5.77. The van der Waals surface area contributed by atoms with Crippen LogP contribution >= 0.6 is 11.3 Å². The molecule has 2 N–H and O–H groups in total. The Morgan fingerprint density at radius 1 is 1.48 bits per heavy atom. The predicted octanol–water partition coefficient (Wildman–Crippen LogP) is 3.48. The van der Waals surface area contributed by atoms with Crippen LogP contribution < -0.4 is 5.32 Å². The molecule has 0 saturated carbocycles. The first-order chi connectivity index (χ1) is 9.85. The molecule has 0 bridgehead atoms. The summed E-state index contributed by atoms with van der Waals surface area (Å²) in [7, 11) is 0. The van der Waals surface area contributed by atoms with Crippen LogP contribution in [0.1, 0.15) is 40.4 Å². The van der Waals surface area contributed by atoms with E-state index in [4.69, 9.17) is 5.11 Å². The van der Waals surface area contributed by atoms with E-state index in [2.05, 4.69) is 11.9 Å². The van der Waals surface area contributed by atoms with Gasteiger partial charge in [-0.1, -0.05) is 32.6 Å². The fraction of sp³-hybridized carbons (Fsp3) is 0.375. The van der Waals surface area contributed by atoms with Gasteiger partial charge in [0.2, 0.25) is 0 Å². The minimum atomic E-state index is -1.00. The first kappa shape index (κ1) is 17.2. The lowest BCUT2D eigenvalue weighted by molar-refractivity contribution is -0.139.